The summed E-state index contributed by atoms with van der Waals surface area (Å²) in [6.45, 7) is 2.00. The molecule has 0 radical (unpaired) electrons. The largest absolute Gasteiger partial charge is 0.490 e. The Labute approximate surface area is 193 Å². The molecule has 2 aliphatic heterocycles. The molecule has 1 amide bonds. The van der Waals surface area contributed by atoms with Crippen LogP contribution in [-0.4, -0.2) is 65.1 Å². The lowest BCUT2D eigenvalue weighted by molar-refractivity contribution is -0.192. The van der Waals surface area contributed by atoms with E-state index in [0.29, 0.717) is 18.7 Å². The summed E-state index contributed by atoms with van der Waals surface area (Å²) in [7, 11) is 0. The van der Waals surface area contributed by atoms with Gasteiger partial charge in [0.25, 0.3) is 5.91 Å². The van der Waals surface area contributed by atoms with Crippen LogP contribution in [0.5, 0.6) is 0 Å². The molecular weight excluding hydrogens is 548 g/mol. The summed E-state index contributed by atoms with van der Waals surface area (Å²) in [5, 5.41) is 21.1. The van der Waals surface area contributed by atoms with Crippen molar-refractivity contribution in [2.45, 2.75) is 31.5 Å². The van der Waals surface area contributed by atoms with Crippen LogP contribution in [0, 0.1) is 8.99 Å². The van der Waals surface area contributed by atoms with Crippen molar-refractivity contribution in [3.05, 3.63) is 27.5 Å². The first-order valence-corrected chi connectivity index (χ1v) is 10.7. The van der Waals surface area contributed by atoms with Gasteiger partial charge in [-0.05, 0) is 66.7 Å². The monoisotopic (exact) mass is 568 g/mol. The maximum absolute atomic E-state index is 12.5. The van der Waals surface area contributed by atoms with Gasteiger partial charge in [0.15, 0.2) is 5.69 Å². The molecule has 1 aromatic heterocycles. The van der Waals surface area contributed by atoms with Gasteiger partial charge in [0, 0.05) is 15.4 Å². The molecule has 1 spiro atoms. The maximum atomic E-state index is 12.5. The molecule has 2 fully saturated rings. The Hall–Kier alpha value is -2.42. The normalized spacial score (nSPS) is 19.9. The number of halogens is 4. The van der Waals surface area contributed by atoms with Gasteiger partial charge >= 0.3 is 18.1 Å². The maximum Gasteiger partial charge on any atom is 0.490 e. The molecule has 2 saturated heterocycles. The molecule has 1 aromatic carbocycles. The van der Waals surface area contributed by atoms with Gasteiger partial charge in [0.05, 0.1) is 17.5 Å². The standard InChI is InChI=1S/C17H19IN4O3.C2HF3O2/c18-10-1-2-13-12(7-10)14(22-21-13)15(23)20-9-11-8-17(16(24)25-11)3-5-19-6-4-17;3-2(4,5)1(6)7/h1-2,7,11,19H,3-6,8-9H2,(H,20,23)(H,21,22);(H,6,7). The lowest BCUT2D eigenvalue weighted by Gasteiger charge is -2.29. The Kier molecular flexibility index (Phi) is 7.27. The van der Waals surface area contributed by atoms with Crippen LogP contribution in [0.3, 0.4) is 0 Å². The quantitative estimate of drug-likeness (QED) is 0.330. The number of alkyl halides is 3. The van der Waals surface area contributed by atoms with Crippen molar-refractivity contribution in [1.29, 1.82) is 0 Å². The Morgan fingerprint density at radius 3 is 2.59 bits per heavy atom. The minimum Gasteiger partial charge on any atom is -0.475 e. The van der Waals surface area contributed by atoms with Crippen molar-refractivity contribution < 1.29 is 37.4 Å². The molecule has 1 unspecified atom stereocenters. The summed E-state index contributed by atoms with van der Waals surface area (Å²) in [6, 6.07) is 5.79. The highest BCUT2D eigenvalue weighted by molar-refractivity contribution is 14.1. The summed E-state index contributed by atoms with van der Waals surface area (Å²) < 4.78 is 38.3. The molecule has 2 aliphatic rings. The van der Waals surface area contributed by atoms with Crippen molar-refractivity contribution in [2.75, 3.05) is 19.6 Å². The van der Waals surface area contributed by atoms with Crippen LogP contribution in [0.2, 0.25) is 0 Å². The predicted molar refractivity (Wildman–Crippen MR) is 114 cm³/mol. The Morgan fingerprint density at radius 2 is 1.97 bits per heavy atom. The lowest BCUT2D eigenvalue weighted by Crippen LogP contribution is -2.39. The van der Waals surface area contributed by atoms with E-state index in [1.165, 1.54) is 0 Å². The van der Waals surface area contributed by atoms with Gasteiger partial charge in [-0.15, -0.1) is 0 Å². The van der Waals surface area contributed by atoms with E-state index in [4.69, 9.17) is 14.6 Å². The molecule has 0 bridgehead atoms. The zero-order valence-corrected chi connectivity index (χ0v) is 18.7. The number of aromatic amines is 1. The molecule has 9 nitrogen and oxygen atoms in total. The number of hydrogen-bond donors (Lipinski definition) is 4. The van der Waals surface area contributed by atoms with Crippen molar-refractivity contribution in [3.63, 3.8) is 0 Å². The summed E-state index contributed by atoms with van der Waals surface area (Å²) in [4.78, 5) is 33.7. The van der Waals surface area contributed by atoms with E-state index in [1.54, 1.807) is 0 Å². The fraction of sp³-hybridized carbons (Fsp3) is 0.474. The first kappa shape index (κ1) is 24.2. The lowest BCUT2D eigenvalue weighted by atomic mass is 9.76. The number of ether oxygens (including phenoxy) is 1. The van der Waals surface area contributed by atoms with Gasteiger partial charge < -0.3 is 20.5 Å². The molecule has 1 atom stereocenters. The van der Waals surface area contributed by atoms with E-state index < -0.39 is 12.1 Å². The Balaban J connectivity index is 0.000000360. The molecule has 174 valence electrons. The van der Waals surface area contributed by atoms with Crippen LogP contribution in [0.25, 0.3) is 10.9 Å². The number of rotatable bonds is 3. The third kappa shape index (κ3) is 5.49. The SMILES string of the molecule is O=C(NCC1CC2(CCNCC2)C(=O)O1)c1n[nH]c2ccc(I)cc12.O=C(O)C(F)(F)F. The number of esters is 1. The summed E-state index contributed by atoms with van der Waals surface area (Å²) in [5.74, 6) is -3.13. The fourth-order valence-corrected chi connectivity index (χ4v) is 4.21. The topological polar surface area (TPSA) is 133 Å². The zero-order chi connectivity index (χ0) is 23.5. The van der Waals surface area contributed by atoms with Gasteiger partial charge in [-0.25, -0.2) is 4.79 Å². The smallest absolute Gasteiger partial charge is 0.475 e. The van der Waals surface area contributed by atoms with Gasteiger partial charge in [-0.3, -0.25) is 14.7 Å². The van der Waals surface area contributed by atoms with Crippen LogP contribution < -0.4 is 10.6 Å². The summed E-state index contributed by atoms with van der Waals surface area (Å²) >= 11 is 2.21. The van der Waals surface area contributed by atoms with Gasteiger partial charge in [-0.1, -0.05) is 0 Å². The van der Waals surface area contributed by atoms with Gasteiger partial charge in [0.1, 0.15) is 6.10 Å². The van der Waals surface area contributed by atoms with Crippen LogP contribution in [0.1, 0.15) is 29.8 Å². The van der Waals surface area contributed by atoms with E-state index >= 15 is 0 Å². The first-order chi connectivity index (χ1) is 15.0. The summed E-state index contributed by atoms with van der Waals surface area (Å²) in [6.07, 6.45) is -3.07. The molecule has 0 aliphatic carbocycles. The number of nitrogens with one attached hydrogen (secondary N) is 3. The van der Waals surface area contributed by atoms with Crippen molar-refractivity contribution in [3.8, 4) is 0 Å². The van der Waals surface area contributed by atoms with Gasteiger partial charge in [-0.2, -0.15) is 18.3 Å². The van der Waals surface area contributed by atoms with Crippen LogP contribution in [0.4, 0.5) is 13.2 Å². The number of carboxylic acid groups (broad SMARTS) is 1. The summed E-state index contributed by atoms with van der Waals surface area (Å²) in [5.41, 5.74) is 0.830. The number of cyclic esters (lactones) is 1. The van der Waals surface area contributed by atoms with E-state index in [1.807, 2.05) is 18.2 Å². The molecule has 0 saturated carbocycles. The molecule has 13 heteroatoms. The second kappa shape index (κ2) is 9.60. The minimum absolute atomic E-state index is 0.118. The molecule has 4 rings (SSSR count). The fourth-order valence-electron chi connectivity index (χ4n) is 3.71. The number of piperidine rings is 1. The van der Waals surface area contributed by atoms with E-state index in [0.717, 1.165) is 40.4 Å². The predicted octanol–water partition coefficient (Wildman–Crippen LogP) is 2.22. The first-order valence-electron chi connectivity index (χ1n) is 9.65. The number of carbonyl (C=O) groups is 3. The third-order valence-corrected chi connectivity index (χ3v) is 6.03. The second-order valence-electron chi connectivity index (χ2n) is 7.54. The van der Waals surface area contributed by atoms with Gasteiger partial charge in [0.2, 0.25) is 0 Å². The van der Waals surface area contributed by atoms with E-state index in [9.17, 15) is 22.8 Å². The van der Waals surface area contributed by atoms with Crippen molar-refractivity contribution in [2.24, 2.45) is 5.41 Å². The average Bonchev–Trinajstić information content (AvgIpc) is 3.27. The van der Waals surface area contributed by atoms with E-state index in [2.05, 4.69) is 43.4 Å². The van der Waals surface area contributed by atoms with E-state index in [-0.39, 0.29) is 23.4 Å². The minimum atomic E-state index is -5.08. The second-order valence-corrected chi connectivity index (χ2v) is 8.78. The number of H-pyrrole nitrogens is 1. The Morgan fingerprint density at radius 1 is 1.31 bits per heavy atom. The highest BCUT2D eigenvalue weighted by atomic mass is 127. The number of amides is 1. The number of fused-ring (bicyclic) bond motifs is 1. The number of aromatic nitrogens is 2. The molecule has 32 heavy (non-hydrogen) atoms. The number of nitrogens with zero attached hydrogens (tertiary/aromatic N) is 1. The van der Waals surface area contributed by atoms with Crippen molar-refractivity contribution >= 4 is 51.3 Å². The number of benzene rings is 1. The third-order valence-electron chi connectivity index (χ3n) is 5.36. The number of hydrogen-bond acceptors (Lipinski definition) is 6. The molecule has 2 aromatic rings. The molecular formula is C19H20F3IN4O5. The molecule has 4 N–H and O–H groups in total. The highest BCUT2D eigenvalue weighted by Gasteiger charge is 2.49. The average molecular weight is 568 g/mol. The van der Waals surface area contributed by atoms with Crippen LogP contribution in [-0.2, 0) is 14.3 Å². The number of carbonyl (C=O) groups excluding carboxylic acids is 2. The van der Waals surface area contributed by atoms with Crippen molar-refractivity contribution in [1.82, 2.24) is 20.8 Å². The number of carboxylic acids is 1. The number of aliphatic carboxylic acids is 1. The zero-order valence-electron chi connectivity index (χ0n) is 16.6. The highest BCUT2D eigenvalue weighted by Crippen LogP contribution is 2.41. The van der Waals surface area contributed by atoms with Crippen LogP contribution in [0.15, 0.2) is 18.2 Å². The van der Waals surface area contributed by atoms with Crippen LogP contribution >= 0.6 is 22.6 Å². The Bertz CT molecular complexity index is 1020. The molecule has 3 heterocycles.